The van der Waals surface area contributed by atoms with Crippen LogP contribution in [0.15, 0.2) is 48.5 Å². The number of nitrogens with one attached hydrogen (secondary N) is 2. The lowest BCUT2D eigenvalue weighted by Crippen LogP contribution is -2.60. The molecule has 0 spiro atoms. The van der Waals surface area contributed by atoms with Gasteiger partial charge in [0, 0.05) is 33.2 Å². The molecule has 3 aromatic heterocycles. The predicted molar refractivity (Wildman–Crippen MR) is 243 cm³/mol. The molecule has 6 heterocycles. The van der Waals surface area contributed by atoms with Crippen molar-refractivity contribution in [2.75, 3.05) is 6.61 Å². The van der Waals surface area contributed by atoms with Crippen molar-refractivity contribution >= 4 is 34.2 Å². The number of hydrogen-bond acceptors (Lipinski definition) is 10. The van der Waals surface area contributed by atoms with Crippen LogP contribution in [-0.4, -0.2) is 87.9 Å². The van der Waals surface area contributed by atoms with Gasteiger partial charge in [-0.2, -0.15) is 0 Å². The number of H-pyrrole nitrogens is 2. The molecule has 0 amide bonds. The number of aromatic nitrogens is 4. The highest BCUT2D eigenvalue weighted by molar-refractivity contribution is 5.92. The lowest BCUT2D eigenvalue weighted by molar-refractivity contribution is -0.277. The summed E-state index contributed by atoms with van der Waals surface area (Å²) >= 11 is 0. The summed E-state index contributed by atoms with van der Waals surface area (Å²) in [5.74, 6) is 0.331. The van der Waals surface area contributed by atoms with Crippen LogP contribution in [0.1, 0.15) is 149 Å². The third-order valence-electron chi connectivity index (χ3n) is 12.6. The van der Waals surface area contributed by atoms with Gasteiger partial charge in [0.05, 0.1) is 29.4 Å². The Bertz CT molecular complexity index is 2320. The van der Waals surface area contributed by atoms with E-state index in [9.17, 15) is 30.6 Å². The minimum atomic E-state index is -1.58. The molecule has 0 aliphatic carbocycles. The van der Waals surface area contributed by atoms with Crippen LogP contribution in [0.3, 0.4) is 0 Å². The number of rotatable bonds is 19. The molecular formula is C50H66N4O8. The number of unbranched alkanes of at least 4 members (excludes halogenated alkanes) is 9. The molecule has 7 rings (SSSR count). The van der Waals surface area contributed by atoms with Crippen LogP contribution in [0.2, 0.25) is 0 Å². The van der Waals surface area contributed by atoms with Crippen LogP contribution in [0, 0.1) is 0 Å². The first kappa shape index (κ1) is 45.6. The quantitative estimate of drug-likeness (QED) is 0.0373. The number of aromatic amines is 2. The second-order valence-electron chi connectivity index (χ2n) is 17.1. The summed E-state index contributed by atoms with van der Waals surface area (Å²) in [6.45, 7) is 6.02. The smallest absolute Gasteiger partial charge is 0.229 e. The van der Waals surface area contributed by atoms with Crippen molar-refractivity contribution in [2.45, 2.75) is 160 Å². The van der Waals surface area contributed by atoms with Crippen LogP contribution in [0.4, 0.5) is 0 Å². The van der Waals surface area contributed by atoms with E-state index in [1.165, 1.54) is 0 Å². The second kappa shape index (κ2) is 21.3. The lowest BCUT2D eigenvalue weighted by Gasteiger charge is -2.39. The topological polar surface area (TPSA) is 197 Å². The Kier molecular flexibility index (Phi) is 15.7. The van der Waals surface area contributed by atoms with Crippen molar-refractivity contribution in [1.29, 1.82) is 0 Å². The molecule has 7 atom stereocenters. The Labute approximate surface area is 364 Å². The third kappa shape index (κ3) is 10.0. The molecule has 12 nitrogen and oxygen atoms in total. The SMILES string of the molecule is CCCCCCc1c2nc(c(-c3cccc(OC4OC(CO)C(O)C(O)C4O)c3)c3ccc([nH]3)c(CCCCCC)c3ccc([nH]3)c(CCCCCC)c3nc1[C@@H](O)[C@H]3O)C=C2. The fourth-order valence-electron chi connectivity index (χ4n) is 9.04. The zero-order valence-electron chi connectivity index (χ0n) is 36.5. The highest BCUT2D eigenvalue weighted by atomic mass is 16.7. The van der Waals surface area contributed by atoms with E-state index in [1.54, 1.807) is 6.07 Å². The third-order valence-corrected chi connectivity index (χ3v) is 12.6. The molecule has 1 aromatic carbocycles. The van der Waals surface area contributed by atoms with Crippen LogP contribution < -0.4 is 4.74 Å². The summed E-state index contributed by atoms with van der Waals surface area (Å²) in [6, 6.07) is 15.7. The molecule has 3 aliphatic heterocycles. The minimum Gasteiger partial charge on any atom is -0.462 e. The van der Waals surface area contributed by atoms with Crippen LogP contribution in [0.25, 0.3) is 45.3 Å². The summed E-state index contributed by atoms with van der Waals surface area (Å²) in [5, 5.41) is 65.2. The van der Waals surface area contributed by atoms with Gasteiger partial charge in [0.1, 0.15) is 42.4 Å². The first-order valence-corrected chi connectivity index (χ1v) is 23.1. The van der Waals surface area contributed by atoms with E-state index in [0.717, 1.165) is 140 Å². The first-order chi connectivity index (χ1) is 30.2. The van der Waals surface area contributed by atoms with Gasteiger partial charge < -0.3 is 50.1 Å². The number of ether oxygens (including phenoxy) is 2. The van der Waals surface area contributed by atoms with Crippen molar-refractivity contribution in [3.63, 3.8) is 0 Å². The fraction of sp³-hybridized carbons (Fsp3) is 0.520. The summed E-state index contributed by atoms with van der Waals surface area (Å²) in [4.78, 5) is 18.0. The van der Waals surface area contributed by atoms with Gasteiger partial charge in [0.2, 0.25) is 6.29 Å². The van der Waals surface area contributed by atoms with Gasteiger partial charge in [-0.15, -0.1) is 0 Å². The van der Waals surface area contributed by atoms with E-state index < -0.39 is 49.5 Å². The Morgan fingerprint density at radius 1 is 0.581 bits per heavy atom. The van der Waals surface area contributed by atoms with E-state index in [4.69, 9.17) is 19.4 Å². The van der Waals surface area contributed by atoms with Gasteiger partial charge in [0.25, 0.3) is 0 Å². The number of nitrogens with zero attached hydrogens (tertiary/aromatic N) is 2. The molecule has 12 heteroatoms. The van der Waals surface area contributed by atoms with Gasteiger partial charge in [-0.3, -0.25) is 4.98 Å². The molecule has 4 aromatic rings. The first-order valence-electron chi connectivity index (χ1n) is 23.1. The zero-order chi connectivity index (χ0) is 43.8. The van der Waals surface area contributed by atoms with Crippen molar-refractivity contribution in [2.24, 2.45) is 0 Å². The Hall–Kier alpha value is -4.40. The average molecular weight is 851 g/mol. The fourth-order valence-corrected chi connectivity index (χ4v) is 9.04. The second-order valence-corrected chi connectivity index (χ2v) is 17.1. The average Bonchev–Trinajstić information content (AvgIpc) is 4.11. The highest BCUT2D eigenvalue weighted by Gasteiger charge is 2.44. The minimum absolute atomic E-state index is 0.331. The molecule has 3 aliphatic rings. The van der Waals surface area contributed by atoms with Crippen LogP contribution >= 0.6 is 0 Å². The number of aliphatic hydroxyl groups excluding tert-OH is 6. The van der Waals surface area contributed by atoms with Gasteiger partial charge in [-0.1, -0.05) is 90.7 Å². The van der Waals surface area contributed by atoms with Gasteiger partial charge in [-0.05, 0) is 104 Å². The van der Waals surface area contributed by atoms with Gasteiger partial charge >= 0.3 is 0 Å². The maximum Gasteiger partial charge on any atom is 0.229 e. The number of benzene rings is 1. The molecule has 0 saturated carbocycles. The normalized spacial score (nSPS) is 22.4. The number of aliphatic hydroxyl groups is 6. The van der Waals surface area contributed by atoms with Gasteiger partial charge in [0.15, 0.2) is 0 Å². The van der Waals surface area contributed by atoms with Crippen LogP contribution in [0.5, 0.6) is 5.75 Å². The van der Waals surface area contributed by atoms with E-state index >= 15 is 0 Å². The van der Waals surface area contributed by atoms with E-state index in [1.807, 2.05) is 30.4 Å². The summed E-state index contributed by atoms with van der Waals surface area (Å²) in [6.07, 6.45) is 9.28. The zero-order valence-corrected chi connectivity index (χ0v) is 36.5. The molecular weight excluding hydrogens is 785 g/mol. The van der Waals surface area contributed by atoms with Crippen molar-refractivity contribution in [1.82, 2.24) is 19.9 Å². The number of hydrogen-bond donors (Lipinski definition) is 8. The molecule has 5 unspecified atom stereocenters. The number of fused-ring (bicyclic) bond motifs is 8. The summed E-state index contributed by atoms with van der Waals surface area (Å²) in [5.41, 5.74) is 10.4. The maximum absolute atomic E-state index is 11.9. The van der Waals surface area contributed by atoms with E-state index in [-0.39, 0.29) is 0 Å². The van der Waals surface area contributed by atoms with Crippen molar-refractivity contribution in [3.8, 4) is 16.9 Å². The maximum atomic E-state index is 11.9. The molecule has 1 saturated heterocycles. The Morgan fingerprint density at radius 2 is 1.13 bits per heavy atom. The molecule has 1 fully saturated rings. The standard InChI is InChI=1S/C50H66N4O8/c1-4-7-10-13-19-32-35-22-23-37(51-35)33(20-14-11-8-5-2)43-46(57)47(58)44(54-43)34(21-15-12-9-6-3)38-25-27-40(53-38)42(39-26-24-36(32)52-39)30-17-16-18-31(28-30)61-50-49(60)48(59)45(56)41(29-55)62-50/h16-18,22-28,41,45-52,55-60H,4-15,19-21,29H2,1-3H3/t41?,45?,46-,47+,48?,49?,50?/m0/s1. The van der Waals surface area contributed by atoms with Gasteiger partial charge in [-0.25, -0.2) is 4.98 Å². The highest BCUT2D eigenvalue weighted by Crippen LogP contribution is 2.40. The van der Waals surface area contributed by atoms with Crippen LogP contribution in [-0.2, 0) is 24.0 Å². The Balaban J connectivity index is 1.47. The molecule has 62 heavy (non-hydrogen) atoms. The molecule has 334 valence electrons. The van der Waals surface area contributed by atoms with E-state index in [2.05, 4.69) is 55.0 Å². The molecule has 8 bridgehead atoms. The summed E-state index contributed by atoms with van der Waals surface area (Å²) in [7, 11) is 0. The number of aryl methyl sites for hydroxylation is 2. The van der Waals surface area contributed by atoms with Crippen molar-refractivity contribution in [3.05, 3.63) is 88.0 Å². The molecule has 0 radical (unpaired) electrons. The van der Waals surface area contributed by atoms with Crippen molar-refractivity contribution < 1.29 is 40.1 Å². The predicted octanol–water partition coefficient (Wildman–Crippen LogP) is 8.47. The Morgan fingerprint density at radius 3 is 1.76 bits per heavy atom. The monoisotopic (exact) mass is 850 g/mol. The van der Waals surface area contributed by atoms with E-state index in [0.29, 0.717) is 34.9 Å². The summed E-state index contributed by atoms with van der Waals surface area (Å²) < 4.78 is 11.8. The molecule has 8 N–H and O–H groups in total. The lowest BCUT2D eigenvalue weighted by atomic mass is 9.98. The largest absolute Gasteiger partial charge is 0.462 e.